The van der Waals surface area contributed by atoms with E-state index in [0.717, 1.165) is 85.7 Å². The molecule has 1 N–H and O–H groups in total. The van der Waals surface area contributed by atoms with E-state index in [1.54, 1.807) is 0 Å². The van der Waals surface area contributed by atoms with E-state index in [2.05, 4.69) is 74.3 Å². The first-order valence-electron chi connectivity index (χ1n) is 15.5. The number of aryl methyl sites for hydroxylation is 1. The van der Waals surface area contributed by atoms with Crippen LogP contribution in [0.5, 0.6) is 5.75 Å². The van der Waals surface area contributed by atoms with Gasteiger partial charge in [0, 0.05) is 46.9 Å². The van der Waals surface area contributed by atoms with Crippen LogP contribution in [-0.2, 0) is 16.6 Å². The number of ether oxygens (including phenoxy) is 1. The summed E-state index contributed by atoms with van der Waals surface area (Å²) in [7, 11) is 0. The number of carbonyl (C=O) groups is 2. The maximum atomic E-state index is 14.3. The first-order chi connectivity index (χ1) is 20.1. The first kappa shape index (κ1) is 27.2. The molecule has 3 aromatic carbocycles. The Morgan fingerprint density at radius 3 is 2.45 bits per heavy atom. The van der Waals surface area contributed by atoms with Gasteiger partial charge in [0.05, 0.1) is 6.61 Å². The van der Waals surface area contributed by atoms with Crippen molar-refractivity contribution in [1.29, 1.82) is 0 Å². The summed E-state index contributed by atoms with van der Waals surface area (Å²) in [6.45, 7) is 12.3. The van der Waals surface area contributed by atoms with Gasteiger partial charge in [-0.15, -0.1) is 0 Å². The molecule has 1 atom stereocenters. The Morgan fingerprint density at radius 2 is 1.79 bits per heavy atom. The summed E-state index contributed by atoms with van der Waals surface area (Å²) in [6.07, 6.45) is 4.50. The van der Waals surface area contributed by atoms with E-state index in [-0.39, 0.29) is 28.7 Å². The number of rotatable bonds is 3. The number of fused-ring (bicyclic) bond motifs is 3. The number of carbonyl (C=O) groups excluding carboxylic acids is 2. The fourth-order valence-corrected chi connectivity index (χ4v) is 7.55. The van der Waals surface area contributed by atoms with E-state index < -0.39 is 0 Å². The highest BCUT2D eigenvalue weighted by Crippen LogP contribution is 2.50. The molecular formula is C36H41N3O3. The van der Waals surface area contributed by atoms with Gasteiger partial charge < -0.3 is 19.9 Å². The average Bonchev–Trinajstić information content (AvgIpc) is 3.67. The van der Waals surface area contributed by atoms with Gasteiger partial charge in [-0.05, 0) is 110 Å². The molecule has 2 saturated heterocycles. The number of hydrogen-bond acceptors (Lipinski definition) is 4. The lowest BCUT2D eigenvalue weighted by molar-refractivity contribution is -0.117. The van der Waals surface area contributed by atoms with Crippen LogP contribution >= 0.6 is 0 Å². The molecule has 0 aliphatic carbocycles. The molecule has 0 radical (unpaired) electrons. The molecule has 2 fully saturated rings. The highest BCUT2D eigenvalue weighted by atomic mass is 16.5. The van der Waals surface area contributed by atoms with Crippen LogP contribution in [0.1, 0.15) is 73.5 Å². The third-order valence-corrected chi connectivity index (χ3v) is 10.1. The van der Waals surface area contributed by atoms with E-state index in [0.29, 0.717) is 12.0 Å². The molecule has 218 valence electrons. The van der Waals surface area contributed by atoms with Crippen molar-refractivity contribution < 1.29 is 14.3 Å². The average molecular weight is 564 g/mol. The normalized spacial score (nSPS) is 21.0. The van der Waals surface area contributed by atoms with Gasteiger partial charge in [-0.2, -0.15) is 0 Å². The maximum absolute atomic E-state index is 14.3. The molecule has 7 rings (SSSR count). The van der Waals surface area contributed by atoms with Crippen LogP contribution in [0.3, 0.4) is 0 Å². The molecule has 1 unspecified atom stereocenters. The van der Waals surface area contributed by atoms with Gasteiger partial charge in [-0.3, -0.25) is 9.59 Å². The number of benzene rings is 3. The molecule has 4 aliphatic rings. The molecule has 6 nitrogen and oxygen atoms in total. The zero-order valence-corrected chi connectivity index (χ0v) is 25.3. The zero-order valence-electron chi connectivity index (χ0n) is 25.3. The Hall–Kier alpha value is -3.64. The van der Waals surface area contributed by atoms with Crippen molar-refractivity contribution in [1.82, 2.24) is 5.32 Å². The zero-order chi connectivity index (χ0) is 29.2. The van der Waals surface area contributed by atoms with Crippen molar-refractivity contribution in [3.05, 3.63) is 76.9 Å². The topological polar surface area (TPSA) is 61.9 Å². The summed E-state index contributed by atoms with van der Waals surface area (Å²) in [5.74, 6) is 1.26. The van der Waals surface area contributed by atoms with Crippen LogP contribution in [0.4, 0.5) is 11.4 Å². The Bertz CT molecular complexity index is 1560. The van der Waals surface area contributed by atoms with E-state index >= 15 is 0 Å². The molecule has 6 heteroatoms. The van der Waals surface area contributed by atoms with Gasteiger partial charge in [0.25, 0.3) is 5.91 Å². The predicted molar refractivity (Wildman–Crippen MR) is 168 cm³/mol. The Labute approximate surface area is 249 Å². The number of piperidine rings is 1. The van der Waals surface area contributed by atoms with Crippen LogP contribution in [0.15, 0.2) is 54.6 Å². The molecule has 4 aliphatic heterocycles. The SMILES string of the molecule is Cc1cc(N2CCCC2=O)ccc1-c1ccc(C(=O)N2c3cc4c(cc3CC2C(C)(C)C)OCC42CCNCC2)cc1. The second kappa shape index (κ2) is 9.98. The number of nitrogens with zero attached hydrogens (tertiary/aromatic N) is 2. The molecule has 0 aromatic heterocycles. The first-order valence-corrected chi connectivity index (χ1v) is 15.5. The smallest absolute Gasteiger partial charge is 0.258 e. The Balaban J connectivity index is 1.20. The molecule has 1 spiro atoms. The van der Waals surface area contributed by atoms with E-state index in [9.17, 15) is 9.59 Å². The van der Waals surface area contributed by atoms with E-state index in [1.807, 2.05) is 23.1 Å². The lowest BCUT2D eigenvalue weighted by atomic mass is 9.74. The van der Waals surface area contributed by atoms with Crippen LogP contribution in [0.25, 0.3) is 11.1 Å². The third kappa shape index (κ3) is 4.43. The van der Waals surface area contributed by atoms with Crippen molar-refractivity contribution in [3.63, 3.8) is 0 Å². The quantitative estimate of drug-likeness (QED) is 0.400. The summed E-state index contributed by atoms with van der Waals surface area (Å²) < 4.78 is 6.27. The Kier molecular flexibility index (Phi) is 6.46. The number of amides is 2. The van der Waals surface area contributed by atoms with Crippen molar-refractivity contribution in [2.24, 2.45) is 5.41 Å². The number of anilines is 2. The molecule has 4 heterocycles. The molecular weight excluding hydrogens is 522 g/mol. The van der Waals surface area contributed by atoms with Crippen molar-refractivity contribution in [2.75, 3.05) is 36.0 Å². The highest BCUT2D eigenvalue weighted by Gasteiger charge is 2.46. The van der Waals surface area contributed by atoms with Gasteiger partial charge in [0.2, 0.25) is 5.91 Å². The molecule has 0 bridgehead atoms. The molecule has 3 aromatic rings. The molecule has 42 heavy (non-hydrogen) atoms. The third-order valence-electron chi connectivity index (χ3n) is 10.1. The fourth-order valence-electron chi connectivity index (χ4n) is 7.55. The summed E-state index contributed by atoms with van der Waals surface area (Å²) >= 11 is 0. The molecule has 0 saturated carbocycles. The van der Waals surface area contributed by atoms with E-state index in [4.69, 9.17) is 4.74 Å². The lowest BCUT2D eigenvalue weighted by Crippen LogP contribution is -2.45. The highest BCUT2D eigenvalue weighted by molar-refractivity contribution is 6.08. The lowest BCUT2D eigenvalue weighted by Gasteiger charge is -2.36. The second-order valence-electron chi connectivity index (χ2n) is 13.8. The van der Waals surface area contributed by atoms with Crippen molar-refractivity contribution >= 4 is 23.2 Å². The standard InChI is InChI=1S/C36H41N3O3/c1-23-18-27(38-17-5-6-33(38)40)11-12-28(23)24-7-9-25(10-8-24)34(41)39-30-21-29-31(19-26(30)20-32(39)35(2,3)4)42-22-36(29)13-15-37-16-14-36/h7-12,18-19,21,32,37H,5-6,13-17,20,22H2,1-4H3. The van der Waals surface area contributed by atoms with Crippen molar-refractivity contribution in [2.45, 2.75) is 71.3 Å². The minimum atomic E-state index is -0.0814. The van der Waals surface area contributed by atoms with Crippen molar-refractivity contribution in [3.8, 4) is 16.9 Å². The van der Waals surface area contributed by atoms with Gasteiger partial charge in [0.1, 0.15) is 5.75 Å². The van der Waals surface area contributed by atoms with Crippen LogP contribution < -0.4 is 19.9 Å². The van der Waals surface area contributed by atoms with Crippen LogP contribution in [0.2, 0.25) is 0 Å². The van der Waals surface area contributed by atoms with Crippen LogP contribution in [0, 0.1) is 12.3 Å². The van der Waals surface area contributed by atoms with Crippen LogP contribution in [-0.4, -0.2) is 44.1 Å². The van der Waals surface area contributed by atoms with E-state index in [1.165, 1.54) is 11.1 Å². The number of hydrogen-bond donors (Lipinski definition) is 1. The molecule has 2 amide bonds. The summed E-state index contributed by atoms with van der Waals surface area (Å²) in [5, 5.41) is 3.50. The summed E-state index contributed by atoms with van der Waals surface area (Å²) in [6, 6.07) is 18.9. The Morgan fingerprint density at radius 1 is 1.02 bits per heavy atom. The minimum Gasteiger partial charge on any atom is -0.492 e. The maximum Gasteiger partial charge on any atom is 0.258 e. The minimum absolute atomic E-state index is 0.0429. The predicted octanol–water partition coefficient (Wildman–Crippen LogP) is 6.42. The van der Waals surface area contributed by atoms with Gasteiger partial charge in [-0.1, -0.05) is 39.0 Å². The van der Waals surface area contributed by atoms with Gasteiger partial charge in [0.15, 0.2) is 0 Å². The summed E-state index contributed by atoms with van der Waals surface area (Å²) in [5.41, 5.74) is 8.47. The monoisotopic (exact) mass is 563 g/mol. The number of nitrogens with one attached hydrogen (secondary N) is 1. The largest absolute Gasteiger partial charge is 0.492 e. The fraction of sp³-hybridized carbons (Fsp3) is 0.444. The second-order valence-corrected chi connectivity index (χ2v) is 13.8. The summed E-state index contributed by atoms with van der Waals surface area (Å²) in [4.78, 5) is 30.5. The van der Waals surface area contributed by atoms with Gasteiger partial charge in [-0.25, -0.2) is 0 Å². The van der Waals surface area contributed by atoms with Gasteiger partial charge >= 0.3 is 0 Å².